The molecular weight excluding hydrogens is 260 g/mol. The molecule has 0 bridgehead atoms. The average molecular weight is 278 g/mol. The molecule has 4 nitrogen and oxygen atoms in total. The number of benzene rings is 2. The van der Waals surface area contributed by atoms with Gasteiger partial charge < -0.3 is 10.2 Å². The molecule has 0 unspecified atom stereocenters. The van der Waals surface area contributed by atoms with Crippen molar-refractivity contribution in [3.05, 3.63) is 60.4 Å². The summed E-state index contributed by atoms with van der Waals surface area (Å²) in [5.74, 6) is 0.871. The van der Waals surface area contributed by atoms with Gasteiger partial charge in [0.25, 0.3) is 0 Å². The molecule has 0 radical (unpaired) electrons. The van der Waals surface area contributed by atoms with Crippen molar-refractivity contribution in [3.8, 4) is 0 Å². The molecule has 1 aromatic heterocycles. The van der Waals surface area contributed by atoms with Crippen LogP contribution in [0.2, 0.25) is 0 Å². The molecule has 0 saturated heterocycles. The van der Waals surface area contributed by atoms with E-state index >= 15 is 0 Å². The molecule has 0 atom stereocenters. The van der Waals surface area contributed by atoms with E-state index in [1.54, 1.807) is 6.33 Å². The number of aromatic nitrogens is 2. The first-order chi connectivity index (χ1) is 10.2. The van der Waals surface area contributed by atoms with E-state index in [4.69, 9.17) is 0 Å². The number of hydrogen-bond donors (Lipinski definition) is 1. The van der Waals surface area contributed by atoms with Gasteiger partial charge in [-0.05, 0) is 29.8 Å². The molecule has 0 aliphatic heterocycles. The Morgan fingerprint density at radius 1 is 1.00 bits per heavy atom. The minimum Gasteiger partial charge on any atom is -0.378 e. The van der Waals surface area contributed by atoms with Crippen molar-refractivity contribution < 1.29 is 0 Å². The first kappa shape index (κ1) is 13.4. The van der Waals surface area contributed by atoms with Gasteiger partial charge in [0.2, 0.25) is 0 Å². The molecule has 21 heavy (non-hydrogen) atoms. The maximum absolute atomic E-state index is 4.35. The third-order valence-corrected chi connectivity index (χ3v) is 3.43. The Morgan fingerprint density at radius 2 is 1.86 bits per heavy atom. The van der Waals surface area contributed by atoms with Gasteiger partial charge in [-0.3, -0.25) is 0 Å². The second-order valence-corrected chi connectivity index (χ2v) is 5.16. The van der Waals surface area contributed by atoms with Gasteiger partial charge in [0.15, 0.2) is 0 Å². The molecule has 3 aromatic rings. The van der Waals surface area contributed by atoms with E-state index in [1.807, 2.05) is 38.4 Å². The second-order valence-electron chi connectivity index (χ2n) is 5.16. The van der Waals surface area contributed by atoms with Crippen molar-refractivity contribution in [2.75, 3.05) is 24.3 Å². The fourth-order valence-corrected chi connectivity index (χ4v) is 2.28. The number of fused-ring (bicyclic) bond motifs is 1. The lowest BCUT2D eigenvalue weighted by atomic mass is 10.2. The van der Waals surface area contributed by atoms with Crippen molar-refractivity contribution in [2.24, 2.45) is 0 Å². The largest absolute Gasteiger partial charge is 0.378 e. The topological polar surface area (TPSA) is 41.0 Å². The number of para-hydroxylation sites is 1. The summed E-state index contributed by atoms with van der Waals surface area (Å²) in [5, 5.41) is 4.45. The maximum Gasteiger partial charge on any atom is 0.137 e. The van der Waals surface area contributed by atoms with Gasteiger partial charge in [0.1, 0.15) is 12.1 Å². The second kappa shape index (κ2) is 5.79. The Bertz CT molecular complexity index is 747. The third-order valence-electron chi connectivity index (χ3n) is 3.43. The van der Waals surface area contributed by atoms with E-state index in [9.17, 15) is 0 Å². The van der Waals surface area contributed by atoms with Crippen LogP contribution in [0.5, 0.6) is 0 Å². The van der Waals surface area contributed by atoms with Crippen molar-refractivity contribution >= 4 is 22.4 Å². The van der Waals surface area contributed by atoms with E-state index in [1.165, 1.54) is 11.3 Å². The number of anilines is 2. The van der Waals surface area contributed by atoms with Crippen molar-refractivity contribution in [1.29, 1.82) is 0 Å². The van der Waals surface area contributed by atoms with Crippen LogP contribution in [0.3, 0.4) is 0 Å². The summed E-state index contributed by atoms with van der Waals surface area (Å²) >= 11 is 0. The van der Waals surface area contributed by atoms with Crippen LogP contribution in [-0.4, -0.2) is 24.1 Å². The van der Waals surface area contributed by atoms with E-state index in [-0.39, 0.29) is 0 Å². The van der Waals surface area contributed by atoms with Crippen LogP contribution in [0.15, 0.2) is 54.9 Å². The normalized spacial score (nSPS) is 10.6. The van der Waals surface area contributed by atoms with Crippen LogP contribution in [0.4, 0.5) is 11.5 Å². The Balaban J connectivity index is 1.82. The van der Waals surface area contributed by atoms with Gasteiger partial charge in [-0.25, -0.2) is 9.97 Å². The van der Waals surface area contributed by atoms with Crippen LogP contribution in [0, 0.1) is 0 Å². The summed E-state index contributed by atoms with van der Waals surface area (Å²) in [7, 11) is 4.09. The number of rotatable bonds is 4. The first-order valence-electron chi connectivity index (χ1n) is 6.94. The van der Waals surface area contributed by atoms with Crippen LogP contribution in [0.1, 0.15) is 5.56 Å². The molecule has 0 amide bonds. The van der Waals surface area contributed by atoms with Gasteiger partial charge in [-0.2, -0.15) is 0 Å². The molecule has 1 N–H and O–H groups in total. The minimum atomic E-state index is 0.739. The summed E-state index contributed by atoms with van der Waals surface area (Å²) in [6, 6.07) is 16.5. The standard InChI is InChI=1S/C17H18N4/c1-21(2)14-7-5-6-13(10-14)11-18-17-15-8-3-4-9-16(15)19-12-20-17/h3-10,12H,11H2,1-2H3,(H,18,19,20). The summed E-state index contributed by atoms with van der Waals surface area (Å²) in [6.45, 7) is 0.739. The zero-order valence-electron chi connectivity index (χ0n) is 12.2. The van der Waals surface area contributed by atoms with E-state index in [0.717, 1.165) is 23.3 Å². The molecule has 2 aromatic carbocycles. The maximum atomic E-state index is 4.35. The van der Waals surface area contributed by atoms with Gasteiger partial charge in [0, 0.05) is 31.7 Å². The Labute approximate surface area is 124 Å². The van der Waals surface area contributed by atoms with Crippen molar-refractivity contribution in [2.45, 2.75) is 6.54 Å². The number of hydrogen-bond acceptors (Lipinski definition) is 4. The van der Waals surface area contributed by atoms with Crippen LogP contribution >= 0.6 is 0 Å². The lowest BCUT2D eigenvalue weighted by molar-refractivity contribution is 1.08. The quantitative estimate of drug-likeness (QED) is 0.795. The summed E-state index contributed by atoms with van der Waals surface area (Å²) in [5.41, 5.74) is 3.38. The first-order valence-corrected chi connectivity index (χ1v) is 6.94. The van der Waals surface area contributed by atoms with E-state index in [0.29, 0.717) is 0 Å². The monoisotopic (exact) mass is 278 g/mol. The molecule has 4 heteroatoms. The minimum absolute atomic E-state index is 0.739. The molecule has 1 heterocycles. The fraction of sp³-hybridized carbons (Fsp3) is 0.176. The fourth-order valence-electron chi connectivity index (χ4n) is 2.28. The molecular formula is C17H18N4. The smallest absolute Gasteiger partial charge is 0.137 e. The summed E-state index contributed by atoms with van der Waals surface area (Å²) in [6.07, 6.45) is 1.60. The van der Waals surface area contributed by atoms with Gasteiger partial charge in [-0.15, -0.1) is 0 Å². The number of nitrogens with zero attached hydrogens (tertiary/aromatic N) is 3. The van der Waals surface area contributed by atoms with Gasteiger partial charge >= 0.3 is 0 Å². The van der Waals surface area contributed by atoms with E-state index in [2.05, 4.69) is 44.5 Å². The average Bonchev–Trinajstić information content (AvgIpc) is 2.53. The van der Waals surface area contributed by atoms with Crippen molar-refractivity contribution in [3.63, 3.8) is 0 Å². The Kier molecular flexibility index (Phi) is 3.69. The highest BCUT2D eigenvalue weighted by Crippen LogP contribution is 2.20. The summed E-state index contributed by atoms with van der Waals surface area (Å²) in [4.78, 5) is 10.7. The third kappa shape index (κ3) is 2.94. The number of nitrogens with one attached hydrogen (secondary N) is 1. The predicted octanol–water partition coefficient (Wildman–Crippen LogP) is 3.31. The predicted molar refractivity (Wildman–Crippen MR) is 87.6 cm³/mol. The SMILES string of the molecule is CN(C)c1cccc(CNc2ncnc3ccccc23)c1. The lowest BCUT2D eigenvalue weighted by Gasteiger charge is -2.14. The lowest BCUT2D eigenvalue weighted by Crippen LogP contribution is -2.09. The molecule has 3 rings (SSSR count). The van der Waals surface area contributed by atoms with Crippen LogP contribution in [0.25, 0.3) is 10.9 Å². The van der Waals surface area contributed by atoms with Crippen LogP contribution in [-0.2, 0) is 6.54 Å². The molecule has 0 fully saturated rings. The Hall–Kier alpha value is -2.62. The van der Waals surface area contributed by atoms with Crippen molar-refractivity contribution in [1.82, 2.24) is 9.97 Å². The zero-order valence-corrected chi connectivity index (χ0v) is 12.2. The summed E-state index contributed by atoms with van der Waals surface area (Å²) < 4.78 is 0. The molecule has 0 saturated carbocycles. The molecule has 0 aliphatic carbocycles. The highest BCUT2D eigenvalue weighted by molar-refractivity contribution is 5.88. The van der Waals surface area contributed by atoms with Gasteiger partial charge in [0.05, 0.1) is 5.52 Å². The molecule has 0 aliphatic rings. The highest BCUT2D eigenvalue weighted by atomic mass is 15.1. The molecule has 0 spiro atoms. The van der Waals surface area contributed by atoms with E-state index < -0.39 is 0 Å². The highest BCUT2D eigenvalue weighted by Gasteiger charge is 2.03. The van der Waals surface area contributed by atoms with Crippen LogP contribution < -0.4 is 10.2 Å². The molecule has 106 valence electrons. The zero-order chi connectivity index (χ0) is 14.7. The van der Waals surface area contributed by atoms with Gasteiger partial charge in [-0.1, -0.05) is 24.3 Å². The Morgan fingerprint density at radius 3 is 2.71 bits per heavy atom.